The van der Waals surface area contributed by atoms with Crippen molar-refractivity contribution in [3.63, 3.8) is 0 Å². The number of nitrogens with zero attached hydrogens (tertiary/aromatic N) is 1. The fourth-order valence-corrected chi connectivity index (χ4v) is 7.84. The van der Waals surface area contributed by atoms with Crippen LogP contribution >= 0.6 is 0 Å². The summed E-state index contributed by atoms with van der Waals surface area (Å²) in [6, 6.07) is 62.5. The SMILES string of the molecule is CC1c2ccccc2-c2cc(-c3ccc4c(c3)c3ccccc3n4-c3cccc(-c4ccccc4)c3)ccc2C1c1ccccc1. The smallest absolute Gasteiger partial charge is 0.0541 e. The largest absolute Gasteiger partial charge is 0.309 e. The zero-order chi connectivity index (χ0) is 30.6. The molecule has 0 fully saturated rings. The molecule has 0 saturated carbocycles. The third kappa shape index (κ3) is 4.24. The van der Waals surface area contributed by atoms with Gasteiger partial charge in [-0.2, -0.15) is 0 Å². The number of fused-ring (bicyclic) bond motifs is 6. The van der Waals surface area contributed by atoms with Crippen molar-refractivity contribution in [1.29, 1.82) is 0 Å². The van der Waals surface area contributed by atoms with E-state index < -0.39 is 0 Å². The summed E-state index contributed by atoms with van der Waals surface area (Å²) in [6.07, 6.45) is 0. The third-order valence-electron chi connectivity index (χ3n) is 10.0. The average molecular weight is 588 g/mol. The van der Waals surface area contributed by atoms with Crippen LogP contribution in [0.5, 0.6) is 0 Å². The molecule has 1 aliphatic rings. The van der Waals surface area contributed by atoms with Crippen LogP contribution < -0.4 is 0 Å². The van der Waals surface area contributed by atoms with E-state index in [0.717, 1.165) is 0 Å². The topological polar surface area (TPSA) is 4.93 Å². The summed E-state index contributed by atoms with van der Waals surface area (Å²) in [5, 5.41) is 2.54. The first-order chi connectivity index (χ1) is 22.7. The van der Waals surface area contributed by atoms with Gasteiger partial charge in [0.05, 0.1) is 11.0 Å². The average Bonchev–Trinajstić information content (AvgIpc) is 3.46. The van der Waals surface area contributed by atoms with Gasteiger partial charge in [-0.3, -0.25) is 0 Å². The molecule has 0 radical (unpaired) electrons. The molecule has 218 valence electrons. The summed E-state index contributed by atoms with van der Waals surface area (Å²) in [5.41, 5.74) is 15.5. The predicted molar refractivity (Wildman–Crippen MR) is 194 cm³/mol. The second-order valence-electron chi connectivity index (χ2n) is 12.6. The Morgan fingerprint density at radius 1 is 0.413 bits per heavy atom. The van der Waals surface area contributed by atoms with Crippen molar-refractivity contribution >= 4 is 21.8 Å². The van der Waals surface area contributed by atoms with Gasteiger partial charge in [0.2, 0.25) is 0 Å². The lowest BCUT2D eigenvalue weighted by Gasteiger charge is -2.34. The molecule has 0 spiro atoms. The Balaban J connectivity index is 1.20. The van der Waals surface area contributed by atoms with Crippen molar-refractivity contribution in [1.82, 2.24) is 4.57 Å². The van der Waals surface area contributed by atoms with E-state index in [1.54, 1.807) is 0 Å². The highest BCUT2D eigenvalue weighted by atomic mass is 15.0. The van der Waals surface area contributed by atoms with Gasteiger partial charge in [-0.05, 0) is 92.4 Å². The van der Waals surface area contributed by atoms with Gasteiger partial charge >= 0.3 is 0 Å². The Kier molecular flexibility index (Phi) is 6.24. The minimum atomic E-state index is 0.326. The lowest BCUT2D eigenvalue weighted by Crippen LogP contribution is -2.17. The molecule has 8 aromatic rings. The number of para-hydroxylation sites is 1. The lowest BCUT2D eigenvalue weighted by atomic mass is 9.69. The number of benzene rings is 7. The molecule has 1 heterocycles. The maximum Gasteiger partial charge on any atom is 0.0541 e. The molecule has 0 amide bonds. The van der Waals surface area contributed by atoms with E-state index in [-0.39, 0.29) is 0 Å². The van der Waals surface area contributed by atoms with E-state index in [1.165, 1.54) is 77.6 Å². The highest BCUT2D eigenvalue weighted by molar-refractivity contribution is 6.10. The molecule has 1 nitrogen and oxygen atoms in total. The van der Waals surface area contributed by atoms with Crippen molar-refractivity contribution in [2.45, 2.75) is 18.8 Å². The second kappa shape index (κ2) is 10.8. The first-order valence-electron chi connectivity index (χ1n) is 16.2. The Hall–Kier alpha value is -5.66. The van der Waals surface area contributed by atoms with Crippen molar-refractivity contribution < 1.29 is 0 Å². The zero-order valence-corrected chi connectivity index (χ0v) is 25.8. The number of hydrogen-bond acceptors (Lipinski definition) is 0. The summed E-state index contributed by atoms with van der Waals surface area (Å²) in [5.74, 6) is 0.729. The molecule has 1 aromatic heterocycles. The second-order valence-corrected chi connectivity index (χ2v) is 12.6. The molecule has 9 rings (SSSR count). The summed E-state index contributed by atoms with van der Waals surface area (Å²) in [6.45, 7) is 2.38. The van der Waals surface area contributed by atoms with Gasteiger partial charge in [0.25, 0.3) is 0 Å². The van der Waals surface area contributed by atoms with Crippen LogP contribution in [0, 0.1) is 0 Å². The molecule has 0 N–H and O–H groups in total. The van der Waals surface area contributed by atoms with Gasteiger partial charge in [-0.25, -0.2) is 0 Å². The van der Waals surface area contributed by atoms with E-state index >= 15 is 0 Å². The van der Waals surface area contributed by atoms with E-state index in [0.29, 0.717) is 11.8 Å². The Morgan fingerprint density at radius 2 is 1.07 bits per heavy atom. The normalized spacial score (nSPS) is 15.5. The van der Waals surface area contributed by atoms with Crippen LogP contribution in [0.2, 0.25) is 0 Å². The molecular formula is C45H33N. The molecule has 1 aliphatic carbocycles. The summed E-state index contributed by atoms with van der Waals surface area (Å²) < 4.78 is 2.41. The van der Waals surface area contributed by atoms with Gasteiger partial charge in [-0.15, -0.1) is 0 Å². The van der Waals surface area contributed by atoms with Gasteiger partial charge in [0, 0.05) is 22.4 Å². The fourth-order valence-electron chi connectivity index (χ4n) is 7.84. The molecule has 46 heavy (non-hydrogen) atoms. The number of hydrogen-bond donors (Lipinski definition) is 0. The minimum absolute atomic E-state index is 0.326. The predicted octanol–water partition coefficient (Wildman–Crippen LogP) is 12.0. The van der Waals surface area contributed by atoms with Crippen LogP contribution in [-0.4, -0.2) is 4.57 Å². The van der Waals surface area contributed by atoms with Gasteiger partial charge in [-0.1, -0.05) is 140 Å². The first kappa shape index (κ1) is 26.7. The van der Waals surface area contributed by atoms with Crippen molar-refractivity contribution in [2.24, 2.45) is 0 Å². The van der Waals surface area contributed by atoms with Crippen LogP contribution in [0.15, 0.2) is 170 Å². The summed E-state index contributed by atoms with van der Waals surface area (Å²) in [7, 11) is 0. The monoisotopic (exact) mass is 587 g/mol. The van der Waals surface area contributed by atoms with Crippen molar-refractivity contribution in [2.75, 3.05) is 0 Å². The quantitative estimate of drug-likeness (QED) is 0.193. The molecule has 1 heteroatoms. The van der Waals surface area contributed by atoms with Crippen LogP contribution in [0.3, 0.4) is 0 Å². The fraction of sp³-hybridized carbons (Fsp3) is 0.0667. The first-order valence-corrected chi connectivity index (χ1v) is 16.2. The molecule has 2 unspecified atom stereocenters. The molecule has 0 aliphatic heterocycles. The highest BCUT2D eigenvalue weighted by Crippen LogP contribution is 2.50. The van der Waals surface area contributed by atoms with Crippen LogP contribution in [0.25, 0.3) is 60.9 Å². The summed E-state index contributed by atoms with van der Waals surface area (Å²) in [4.78, 5) is 0. The highest BCUT2D eigenvalue weighted by Gasteiger charge is 2.32. The summed E-state index contributed by atoms with van der Waals surface area (Å²) >= 11 is 0. The minimum Gasteiger partial charge on any atom is -0.309 e. The third-order valence-corrected chi connectivity index (χ3v) is 10.0. The van der Waals surface area contributed by atoms with Gasteiger partial charge < -0.3 is 4.57 Å². The van der Waals surface area contributed by atoms with Crippen molar-refractivity contribution in [3.8, 4) is 39.1 Å². The van der Waals surface area contributed by atoms with Crippen LogP contribution in [0.1, 0.15) is 35.4 Å². The number of aromatic nitrogens is 1. The van der Waals surface area contributed by atoms with Crippen LogP contribution in [0.4, 0.5) is 0 Å². The van der Waals surface area contributed by atoms with E-state index in [2.05, 4.69) is 181 Å². The molecule has 7 aromatic carbocycles. The van der Waals surface area contributed by atoms with Crippen molar-refractivity contribution in [3.05, 3.63) is 187 Å². The maximum atomic E-state index is 2.43. The maximum absolute atomic E-state index is 2.43. The zero-order valence-electron chi connectivity index (χ0n) is 25.8. The van der Waals surface area contributed by atoms with Gasteiger partial charge in [0.1, 0.15) is 0 Å². The van der Waals surface area contributed by atoms with E-state index in [9.17, 15) is 0 Å². The Labute approximate surface area is 270 Å². The lowest BCUT2D eigenvalue weighted by molar-refractivity contribution is 0.649. The molecule has 0 bridgehead atoms. The number of rotatable bonds is 4. The van der Waals surface area contributed by atoms with Crippen LogP contribution in [-0.2, 0) is 0 Å². The molecule has 0 saturated heterocycles. The van der Waals surface area contributed by atoms with E-state index in [1.807, 2.05) is 0 Å². The Bertz CT molecular complexity index is 2380. The molecule has 2 atom stereocenters. The Morgan fingerprint density at radius 3 is 1.93 bits per heavy atom. The van der Waals surface area contributed by atoms with Gasteiger partial charge in [0.15, 0.2) is 0 Å². The standard InChI is InChI=1S/C45H33N/c1-30-37-19-8-9-20-38(37)41-28-34(23-25-40(41)45(30)32-15-6-3-7-16-32)35-24-26-44-42(29-35)39-21-10-11-22-43(39)46(44)36-18-12-17-33(27-36)31-13-4-2-5-14-31/h2-30,45H,1H3. The van der Waals surface area contributed by atoms with E-state index in [4.69, 9.17) is 0 Å². The molecular weight excluding hydrogens is 555 g/mol.